The molecular weight excluding hydrogens is 390 g/mol. The van der Waals surface area contributed by atoms with Crippen molar-refractivity contribution in [2.45, 2.75) is 19.3 Å². The van der Waals surface area contributed by atoms with Crippen molar-refractivity contribution in [1.82, 2.24) is 9.80 Å². The number of carbonyl (C=O) groups excluding carboxylic acids is 2. The van der Waals surface area contributed by atoms with Crippen molar-refractivity contribution in [3.8, 4) is 5.75 Å². The molecule has 2 aromatic rings. The summed E-state index contributed by atoms with van der Waals surface area (Å²) in [5, 5.41) is 3.51. The van der Waals surface area contributed by atoms with Gasteiger partial charge < -0.3 is 19.9 Å². The summed E-state index contributed by atoms with van der Waals surface area (Å²) < 4.78 is 5.16. The molecule has 0 aromatic heterocycles. The van der Waals surface area contributed by atoms with E-state index in [1.807, 2.05) is 29.2 Å². The van der Waals surface area contributed by atoms with E-state index in [9.17, 15) is 9.59 Å². The Bertz CT molecular complexity index is 824. The van der Waals surface area contributed by atoms with E-state index in [-0.39, 0.29) is 11.9 Å². The largest absolute Gasteiger partial charge is 0.497 e. The van der Waals surface area contributed by atoms with Crippen molar-refractivity contribution in [3.05, 3.63) is 59.1 Å². The van der Waals surface area contributed by atoms with Gasteiger partial charge in [-0.1, -0.05) is 23.7 Å². The molecule has 29 heavy (non-hydrogen) atoms. The SMILES string of the molecule is COc1ccc(CCC(=O)N2CCCN(C(=O)Nc3ccc(Cl)cc3)CC2)cc1. The van der Waals surface area contributed by atoms with Gasteiger partial charge in [0.05, 0.1) is 7.11 Å². The van der Waals surface area contributed by atoms with E-state index in [0.717, 1.165) is 17.7 Å². The van der Waals surface area contributed by atoms with Crippen LogP contribution in [0.1, 0.15) is 18.4 Å². The van der Waals surface area contributed by atoms with Gasteiger partial charge in [0.1, 0.15) is 5.75 Å². The quantitative estimate of drug-likeness (QED) is 0.801. The van der Waals surface area contributed by atoms with Crippen molar-refractivity contribution >= 4 is 29.2 Å². The number of urea groups is 1. The molecule has 0 aliphatic carbocycles. The van der Waals surface area contributed by atoms with Crippen LogP contribution in [0.5, 0.6) is 5.75 Å². The van der Waals surface area contributed by atoms with E-state index < -0.39 is 0 Å². The lowest BCUT2D eigenvalue weighted by molar-refractivity contribution is -0.131. The number of carbonyl (C=O) groups is 2. The number of hydrogen-bond acceptors (Lipinski definition) is 3. The van der Waals surface area contributed by atoms with Crippen molar-refractivity contribution in [3.63, 3.8) is 0 Å². The number of hydrogen-bond donors (Lipinski definition) is 1. The molecule has 2 aromatic carbocycles. The minimum Gasteiger partial charge on any atom is -0.497 e. The van der Waals surface area contributed by atoms with Gasteiger partial charge in [0.15, 0.2) is 0 Å². The predicted octanol–water partition coefficient (Wildman–Crippen LogP) is 4.05. The Morgan fingerprint density at radius 1 is 0.966 bits per heavy atom. The molecule has 0 atom stereocenters. The lowest BCUT2D eigenvalue weighted by atomic mass is 10.1. The lowest BCUT2D eigenvalue weighted by Crippen LogP contribution is -2.39. The van der Waals surface area contributed by atoms with Crippen molar-refractivity contribution < 1.29 is 14.3 Å². The first-order chi connectivity index (χ1) is 14.0. The number of benzene rings is 2. The minimum absolute atomic E-state index is 0.126. The van der Waals surface area contributed by atoms with Gasteiger partial charge in [-0.05, 0) is 54.8 Å². The van der Waals surface area contributed by atoms with E-state index >= 15 is 0 Å². The van der Waals surface area contributed by atoms with Crippen LogP contribution in [0.4, 0.5) is 10.5 Å². The highest BCUT2D eigenvalue weighted by molar-refractivity contribution is 6.30. The first-order valence-corrected chi connectivity index (χ1v) is 10.1. The number of nitrogens with zero attached hydrogens (tertiary/aromatic N) is 2. The van der Waals surface area contributed by atoms with Crippen LogP contribution in [0, 0.1) is 0 Å². The Labute approximate surface area is 176 Å². The van der Waals surface area contributed by atoms with Gasteiger partial charge in [-0.2, -0.15) is 0 Å². The van der Waals surface area contributed by atoms with Crippen molar-refractivity contribution in [2.75, 3.05) is 38.6 Å². The molecule has 6 nitrogen and oxygen atoms in total. The van der Waals surface area contributed by atoms with Crippen LogP contribution in [-0.4, -0.2) is 55.0 Å². The van der Waals surface area contributed by atoms with Gasteiger partial charge in [-0.3, -0.25) is 4.79 Å². The van der Waals surface area contributed by atoms with Crippen LogP contribution in [0.25, 0.3) is 0 Å². The van der Waals surface area contributed by atoms with E-state index in [1.165, 1.54) is 0 Å². The fourth-order valence-corrected chi connectivity index (χ4v) is 3.43. The average Bonchev–Trinajstić information content (AvgIpc) is 3.00. The predicted molar refractivity (Wildman–Crippen MR) is 115 cm³/mol. The van der Waals surface area contributed by atoms with Gasteiger partial charge in [0.25, 0.3) is 0 Å². The Balaban J connectivity index is 1.47. The highest BCUT2D eigenvalue weighted by atomic mass is 35.5. The van der Waals surface area contributed by atoms with Crippen molar-refractivity contribution in [1.29, 1.82) is 0 Å². The zero-order chi connectivity index (χ0) is 20.6. The number of amides is 3. The average molecular weight is 416 g/mol. The molecule has 0 spiro atoms. The summed E-state index contributed by atoms with van der Waals surface area (Å²) in [4.78, 5) is 28.7. The summed E-state index contributed by atoms with van der Waals surface area (Å²) in [6.07, 6.45) is 1.92. The highest BCUT2D eigenvalue weighted by Gasteiger charge is 2.22. The summed E-state index contributed by atoms with van der Waals surface area (Å²) >= 11 is 5.88. The molecular formula is C22H26ClN3O3. The third-order valence-electron chi connectivity index (χ3n) is 5.02. The molecule has 0 radical (unpaired) electrons. The number of methoxy groups -OCH3 is 1. The normalized spacial score (nSPS) is 14.3. The summed E-state index contributed by atoms with van der Waals surface area (Å²) in [6.45, 7) is 2.37. The summed E-state index contributed by atoms with van der Waals surface area (Å²) in [6, 6.07) is 14.6. The maximum Gasteiger partial charge on any atom is 0.321 e. The molecule has 1 N–H and O–H groups in total. The second kappa shape index (κ2) is 10.2. The molecule has 3 amide bonds. The molecule has 7 heteroatoms. The van der Waals surface area contributed by atoms with E-state index in [2.05, 4.69) is 5.32 Å². The monoisotopic (exact) mass is 415 g/mol. The summed E-state index contributed by atoms with van der Waals surface area (Å²) in [5.41, 5.74) is 1.81. The third kappa shape index (κ3) is 6.12. The number of nitrogens with one attached hydrogen (secondary N) is 1. The zero-order valence-corrected chi connectivity index (χ0v) is 17.3. The molecule has 0 saturated carbocycles. The van der Waals surface area contributed by atoms with Crippen LogP contribution in [0.15, 0.2) is 48.5 Å². The smallest absolute Gasteiger partial charge is 0.321 e. The number of anilines is 1. The maximum absolute atomic E-state index is 12.6. The molecule has 154 valence electrons. The fourth-order valence-electron chi connectivity index (χ4n) is 3.31. The molecule has 0 unspecified atom stereocenters. The molecule has 0 bridgehead atoms. The van der Waals surface area contributed by atoms with Crippen LogP contribution < -0.4 is 10.1 Å². The molecule has 3 rings (SSSR count). The maximum atomic E-state index is 12.6. The molecule has 1 saturated heterocycles. The van der Waals surface area contributed by atoms with Gasteiger partial charge in [-0.25, -0.2) is 4.79 Å². The Hall–Kier alpha value is -2.73. The Kier molecular flexibility index (Phi) is 7.36. The van der Waals surface area contributed by atoms with E-state index in [1.54, 1.807) is 36.3 Å². The van der Waals surface area contributed by atoms with Gasteiger partial charge in [0.2, 0.25) is 5.91 Å². The van der Waals surface area contributed by atoms with Gasteiger partial charge in [-0.15, -0.1) is 0 Å². The number of rotatable bonds is 5. The zero-order valence-electron chi connectivity index (χ0n) is 16.6. The molecule has 1 heterocycles. The van der Waals surface area contributed by atoms with Crippen LogP contribution >= 0.6 is 11.6 Å². The van der Waals surface area contributed by atoms with Crippen LogP contribution in [0.2, 0.25) is 5.02 Å². The van der Waals surface area contributed by atoms with Gasteiger partial charge >= 0.3 is 6.03 Å². The fraction of sp³-hybridized carbons (Fsp3) is 0.364. The van der Waals surface area contributed by atoms with Crippen LogP contribution in [-0.2, 0) is 11.2 Å². The van der Waals surface area contributed by atoms with Crippen LogP contribution in [0.3, 0.4) is 0 Å². The summed E-state index contributed by atoms with van der Waals surface area (Å²) in [7, 11) is 1.64. The topological polar surface area (TPSA) is 61.9 Å². The Morgan fingerprint density at radius 3 is 2.31 bits per heavy atom. The second-order valence-corrected chi connectivity index (χ2v) is 7.44. The second-order valence-electron chi connectivity index (χ2n) is 7.01. The first kappa shape index (κ1) is 21.0. The summed E-state index contributed by atoms with van der Waals surface area (Å²) in [5.74, 6) is 0.936. The standard InChI is InChI=1S/C22H26ClN3O3/c1-29-20-10-3-17(4-11-20)5-12-21(27)25-13-2-14-26(16-15-25)22(28)24-19-8-6-18(23)7-9-19/h3-4,6-11H,2,5,12-16H2,1H3,(H,24,28). The molecule has 1 fully saturated rings. The Morgan fingerprint density at radius 2 is 1.62 bits per heavy atom. The molecule has 1 aliphatic heterocycles. The van der Waals surface area contributed by atoms with Gasteiger partial charge in [0, 0.05) is 43.3 Å². The van der Waals surface area contributed by atoms with E-state index in [4.69, 9.17) is 16.3 Å². The number of halogens is 1. The highest BCUT2D eigenvalue weighted by Crippen LogP contribution is 2.16. The molecule has 1 aliphatic rings. The lowest BCUT2D eigenvalue weighted by Gasteiger charge is -2.22. The minimum atomic E-state index is -0.153. The third-order valence-corrected chi connectivity index (χ3v) is 5.27. The van der Waals surface area contributed by atoms with Crippen molar-refractivity contribution in [2.24, 2.45) is 0 Å². The number of aryl methyl sites for hydroxylation is 1. The first-order valence-electron chi connectivity index (χ1n) is 9.77. The number of ether oxygens (including phenoxy) is 1. The van der Waals surface area contributed by atoms with E-state index in [0.29, 0.717) is 49.7 Å².